The molecule has 0 radical (unpaired) electrons. The Morgan fingerprint density at radius 2 is 2.05 bits per heavy atom. The predicted molar refractivity (Wildman–Crippen MR) is 85.6 cm³/mol. The normalized spacial score (nSPS) is 14.9. The molecule has 1 amide bonds. The quantitative estimate of drug-likeness (QED) is 0.918. The number of pyridine rings is 1. The molecule has 1 saturated carbocycles. The van der Waals surface area contributed by atoms with Crippen LogP contribution in [0.3, 0.4) is 0 Å². The molecule has 0 unspecified atom stereocenters. The van der Waals surface area contributed by atoms with Crippen molar-refractivity contribution in [2.24, 2.45) is 5.92 Å². The van der Waals surface area contributed by atoms with Crippen LogP contribution in [-0.4, -0.2) is 10.9 Å². The molecule has 1 heterocycles. The number of benzene rings is 1. The minimum atomic E-state index is 0.145. The number of carbonyl (C=O) groups excluding carboxylic acids is 1. The Morgan fingerprint density at radius 1 is 1.14 bits per heavy atom. The summed E-state index contributed by atoms with van der Waals surface area (Å²) >= 11 is 0. The first-order valence-electron chi connectivity index (χ1n) is 7.31. The number of aromatic nitrogens is 1. The van der Waals surface area contributed by atoms with Crippen molar-refractivity contribution < 1.29 is 4.79 Å². The maximum absolute atomic E-state index is 11.9. The second-order valence-electron chi connectivity index (χ2n) is 5.33. The standard InChI is InChI=1S/C18H18N2O/c21-18(15-6-4-7-15)20-17-9-3-5-14(13-17)10-11-16-8-1-2-12-19-16/h1-3,5,8-13,15H,4,6-7H2,(H,20,21). The number of hydrogen-bond acceptors (Lipinski definition) is 2. The molecule has 106 valence electrons. The van der Waals surface area contributed by atoms with Gasteiger partial charge in [-0.1, -0.05) is 30.7 Å². The van der Waals surface area contributed by atoms with Gasteiger partial charge in [0.25, 0.3) is 0 Å². The lowest BCUT2D eigenvalue weighted by molar-refractivity contribution is -0.122. The molecule has 1 N–H and O–H groups in total. The monoisotopic (exact) mass is 278 g/mol. The number of hydrogen-bond donors (Lipinski definition) is 1. The highest BCUT2D eigenvalue weighted by atomic mass is 16.1. The number of anilines is 1. The molecule has 3 nitrogen and oxygen atoms in total. The SMILES string of the molecule is O=C(Nc1cccc(C=Cc2ccccn2)c1)C1CCC1. The fourth-order valence-corrected chi connectivity index (χ4v) is 2.29. The number of carbonyl (C=O) groups is 1. The lowest BCUT2D eigenvalue weighted by Gasteiger charge is -2.24. The number of rotatable bonds is 4. The molecule has 1 aliphatic rings. The third-order valence-electron chi connectivity index (χ3n) is 3.76. The lowest BCUT2D eigenvalue weighted by atomic mass is 9.85. The summed E-state index contributed by atoms with van der Waals surface area (Å²) < 4.78 is 0. The molecular formula is C18H18N2O. The maximum atomic E-state index is 11.9. The van der Waals surface area contributed by atoms with Crippen LogP contribution in [0, 0.1) is 5.92 Å². The van der Waals surface area contributed by atoms with E-state index in [1.54, 1.807) is 6.20 Å². The van der Waals surface area contributed by atoms with Crippen molar-refractivity contribution in [3.8, 4) is 0 Å². The molecule has 2 aromatic rings. The predicted octanol–water partition coefficient (Wildman–Crippen LogP) is 3.99. The fourth-order valence-electron chi connectivity index (χ4n) is 2.29. The fraction of sp³-hybridized carbons (Fsp3) is 0.222. The lowest BCUT2D eigenvalue weighted by Crippen LogP contribution is -2.27. The van der Waals surface area contributed by atoms with Gasteiger partial charge in [-0.3, -0.25) is 9.78 Å². The molecule has 1 aliphatic carbocycles. The van der Waals surface area contributed by atoms with Crippen LogP contribution in [0.5, 0.6) is 0 Å². The van der Waals surface area contributed by atoms with Crippen LogP contribution < -0.4 is 5.32 Å². The highest BCUT2D eigenvalue weighted by molar-refractivity contribution is 5.93. The van der Waals surface area contributed by atoms with E-state index in [2.05, 4.69) is 10.3 Å². The van der Waals surface area contributed by atoms with E-state index < -0.39 is 0 Å². The van der Waals surface area contributed by atoms with Crippen LogP contribution in [0.1, 0.15) is 30.5 Å². The topological polar surface area (TPSA) is 42.0 Å². The van der Waals surface area contributed by atoms with Crippen molar-refractivity contribution in [2.75, 3.05) is 5.32 Å². The van der Waals surface area contributed by atoms with Crippen molar-refractivity contribution in [1.82, 2.24) is 4.98 Å². The molecule has 1 aromatic heterocycles. The number of amides is 1. The zero-order chi connectivity index (χ0) is 14.5. The van der Waals surface area contributed by atoms with Crippen molar-refractivity contribution in [3.05, 3.63) is 59.9 Å². The summed E-state index contributed by atoms with van der Waals surface area (Å²) in [5.74, 6) is 0.352. The maximum Gasteiger partial charge on any atom is 0.227 e. The molecule has 0 aliphatic heterocycles. The van der Waals surface area contributed by atoms with Gasteiger partial charge < -0.3 is 5.32 Å². The first-order valence-corrected chi connectivity index (χ1v) is 7.31. The van der Waals surface area contributed by atoms with Gasteiger partial charge in [0, 0.05) is 17.8 Å². The van der Waals surface area contributed by atoms with Gasteiger partial charge in [-0.05, 0) is 48.7 Å². The van der Waals surface area contributed by atoms with Crippen molar-refractivity contribution in [2.45, 2.75) is 19.3 Å². The molecule has 1 fully saturated rings. The summed E-state index contributed by atoms with van der Waals surface area (Å²) in [6, 6.07) is 13.7. The van der Waals surface area contributed by atoms with E-state index in [0.29, 0.717) is 0 Å². The molecular weight excluding hydrogens is 260 g/mol. The molecule has 0 spiro atoms. The minimum absolute atomic E-state index is 0.145. The van der Waals surface area contributed by atoms with Crippen LogP contribution >= 0.6 is 0 Å². The van der Waals surface area contributed by atoms with E-state index in [4.69, 9.17) is 0 Å². The zero-order valence-corrected chi connectivity index (χ0v) is 11.8. The Labute approximate surface area is 124 Å². The summed E-state index contributed by atoms with van der Waals surface area (Å²) in [6.45, 7) is 0. The average Bonchev–Trinajstić information content (AvgIpc) is 2.45. The smallest absolute Gasteiger partial charge is 0.227 e. The molecule has 0 bridgehead atoms. The molecule has 21 heavy (non-hydrogen) atoms. The summed E-state index contributed by atoms with van der Waals surface area (Å²) in [7, 11) is 0. The minimum Gasteiger partial charge on any atom is -0.326 e. The van der Waals surface area contributed by atoms with E-state index in [-0.39, 0.29) is 11.8 Å². The van der Waals surface area contributed by atoms with Crippen LogP contribution in [-0.2, 0) is 4.79 Å². The van der Waals surface area contributed by atoms with Gasteiger partial charge >= 0.3 is 0 Å². The Hall–Kier alpha value is -2.42. The Kier molecular flexibility index (Phi) is 4.10. The van der Waals surface area contributed by atoms with Crippen LogP contribution in [0.2, 0.25) is 0 Å². The summed E-state index contributed by atoms with van der Waals surface area (Å²) in [5.41, 5.74) is 2.82. The van der Waals surface area contributed by atoms with Gasteiger partial charge in [0.05, 0.1) is 5.69 Å². The van der Waals surface area contributed by atoms with Gasteiger partial charge in [0.15, 0.2) is 0 Å². The zero-order valence-electron chi connectivity index (χ0n) is 11.8. The third-order valence-corrected chi connectivity index (χ3v) is 3.76. The largest absolute Gasteiger partial charge is 0.326 e. The molecule has 3 heteroatoms. The van der Waals surface area contributed by atoms with Crippen LogP contribution in [0.15, 0.2) is 48.7 Å². The average molecular weight is 278 g/mol. The highest BCUT2D eigenvalue weighted by Crippen LogP contribution is 2.27. The van der Waals surface area contributed by atoms with Gasteiger partial charge in [-0.15, -0.1) is 0 Å². The second-order valence-corrected chi connectivity index (χ2v) is 5.33. The van der Waals surface area contributed by atoms with Crippen LogP contribution in [0.25, 0.3) is 12.2 Å². The Morgan fingerprint density at radius 3 is 2.76 bits per heavy atom. The second kappa shape index (κ2) is 6.35. The van der Waals surface area contributed by atoms with Gasteiger partial charge in [0.1, 0.15) is 0 Å². The van der Waals surface area contributed by atoms with Gasteiger partial charge in [0.2, 0.25) is 5.91 Å². The Bertz CT molecular complexity index is 645. The van der Waals surface area contributed by atoms with Crippen molar-refractivity contribution in [1.29, 1.82) is 0 Å². The number of nitrogens with zero attached hydrogens (tertiary/aromatic N) is 1. The van der Waals surface area contributed by atoms with E-state index in [9.17, 15) is 4.79 Å². The number of nitrogens with one attached hydrogen (secondary N) is 1. The molecule has 0 saturated heterocycles. The van der Waals surface area contributed by atoms with Crippen molar-refractivity contribution >= 4 is 23.7 Å². The van der Waals surface area contributed by atoms with E-state index in [1.807, 2.05) is 54.6 Å². The van der Waals surface area contributed by atoms with E-state index >= 15 is 0 Å². The Balaban J connectivity index is 1.68. The molecule has 1 aromatic carbocycles. The first-order chi connectivity index (χ1) is 10.3. The van der Waals surface area contributed by atoms with Crippen LogP contribution in [0.4, 0.5) is 5.69 Å². The summed E-state index contributed by atoms with van der Waals surface area (Å²) in [5, 5.41) is 2.99. The van der Waals surface area contributed by atoms with E-state index in [0.717, 1.165) is 29.8 Å². The van der Waals surface area contributed by atoms with Gasteiger partial charge in [-0.25, -0.2) is 0 Å². The van der Waals surface area contributed by atoms with Gasteiger partial charge in [-0.2, -0.15) is 0 Å². The van der Waals surface area contributed by atoms with E-state index in [1.165, 1.54) is 6.42 Å². The summed E-state index contributed by atoms with van der Waals surface area (Å²) in [4.78, 5) is 16.2. The first kappa shape index (κ1) is 13.6. The third kappa shape index (κ3) is 3.57. The molecule has 0 atom stereocenters. The highest BCUT2D eigenvalue weighted by Gasteiger charge is 2.24. The summed E-state index contributed by atoms with van der Waals surface area (Å²) in [6.07, 6.45) is 8.95. The van der Waals surface area contributed by atoms with Crippen molar-refractivity contribution in [3.63, 3.8) is 0 Å². The molecule has 3 rings (SSSR count).